The number of hydrogen-bond acceptors (Lipinski definition) is 5. The van der Waals surface area contributed by atoms with Crippen molar-refractivity contribution in [3.63, 3.8) is 0 Å². The molecule has 0 aliphatic heterocycles. The molecule has 30 heavy (non-hydrogen) atoms. The van der Waals surface area contributed by atoms with Crippen molar-refractivity contribution in [2.75, 3.05) is 13.2 Å². The number of hydrogen-bond donors (Lipinski definition) is 0. The molecule has 0 fully saturated rings. The van der Waals surface area contributed by atoms with Crippen LogP contribution >= 0.6 is 11.8 Å². The number of rotatable bonds is 9. The third kappa shape index (κ3) is 4.99. The Hall–Kier alpha value is -2.44. The van der Waals surface area contributed by atoms with Gasteiger partial charge in [0.25, 0.3) is 5.56 Å². The lowest BCUT2D eigenvalue weighted by Crippen LogP contribution is -2.25. The second-order valence-corrected chi connectivity index (χ2v) is 8.65. The van der Waals surface area contributed by atoms with E-state index in [9.17, 15) is 9.59 Å². The van der Waals surface area contributed by atoms with Gasteiger partial charge >= 0.3 is 0 Å². The second-order valence-electron chi connectivity index (χ2n) is 7.34. The third-order valence-electron chi connectivity index (χ3n) is 5.14. The number of nitrogens with zero attached hydrogens (tertiary/aromatic N) is 2. The molecule has 0 unspecified atom stereocenters. The Morgan fingerprint density at radius 2 is 1.93 bits per heavy atom. The largest absolute Gasteiger partial charge is 0.382 e. The van der Waals surface area contributed by atoms with E-state index in [0.717, 1.165) is 11.1 Å². The Morgan fingerprint density at radius 1 is 1.17 bits per heavy atom. The average Bonchev–Trinajstić information content (AvgIpc) is 2.74. The van der Waals surface area contributed by atoms with Gasteiger partial charge in [-0.25, -0.2) is 4.98 Å². The van der Waals surface area contributed by atoms with Crippen LogP contribution in [0.3, 0.4) is 0 Å². The van der Waals surface area contributed by atoms with E-state index < -0.39 is 0 Å². The predicted molar refractivity (Wildman–Crippen MR) is 123 cm³/mol. The zero-order valence-electron chi connectivity index (χ0n) is 18.0. The summed E-state index contributed by atoms with van der Waals surface area (Å²) in [7, 11) is 0. The highest BCUT2D eigenvalue weighted by Gasteiger charge is 2.21. The summed E-state index contributed by atoms with van der Waals surface area (Å²) in [5.41, 5.74) is 3.51. The topological polar surface area (TPSA) is 61.2 Å². The Bertz CT molecular complexity index is 1110. The second kappa shape index (κ2) is 10.0. The van der Waals surface area contributed by atoms with Crippen molar-refractivity contribution in [2.24, 2.45) is 0 Å². The van der Waals surface area contributed by atoms with Gasteiger partial charge in [-0.05, 0) is 63.4 Å². The monoisotopic (exact) mass is 424 g/mol. The van der Waals surface area contributed by atoms with E-state index in [2.05, 4.69) is 0 Å². The highest BCUT2D eigenvalue weighted by atomic mass is 32.2. The van der Waals surface area contributed by atoms with Gasteiger partial charge in [-0.3, -0.25) is 14.2 Å². The summed E-state index contributed by atoms with van der Waals surface area (Å²) in [6.07, 6.45) is 0.709. The maximum atomic E-state index is 13.1. The summed E-state index contributed by atoms with van der Waals surface area (Å²) < 4.78 is 7.10. The van der Waals surface area contributed by atoms with Crippen LogP contribution in [0.5, 0.6) is 0 Å². The zero-order valence-corrected chi connectivity index (χ0v) is 18.8. The van der Waals surface area contributed by atoms with Crippen molar-refractivity contribution in [3.8, 4) is 0 Å². The maximum Gasteiger partial charge on any atom is 0.262 e. The van der Waals surface area contributed by atoms with Gasteiger partial charge in [-0.2, -0.15) is 0 Å². The number of para-hydroxylation sites is 1. The van der Waals surface area contributed by atoms with E-state index in [0.29, 0.717) is 47.8 Å². The first-order valence-electron chi connectivity index (χ1n) is 10.3. The predicted octanol–water partition coefficient (Wildman–Crippen LogP) is 4.80. The number of Topliss-reactive ketones (excluding diaryl/α,β-unsaturated/α-hetero) is 1. The number of ketones is 1. The Balaban J connectivity index is 1.91. The van der Waals surface area contributed by atoms with E-state index in [1.807, 2.05) is 64.1 Å². The molecule has 3 rings (SSSR count). The minimum absolute atomic E-state index is 0.0337. The molecule has 0 saturated carbocycles. The molecular formula is C24H28N2O3S. The smallest absolute Gasteiger partial charge is 0.262 e. The first-order valence-corrected chi connectivity index (χ1v) is 11.2. The van der Waals surface area contributed by atoms with E-state index in [-0.39, 0.29) is 16.6 Å². The van der Waals surface area contributed by atoms with Crippen LogP contribution in [0, 0.1) is 13.8 Å². The summed E-state index contributed by atoms with van der Waals surface area (Å²) in [5.74, 6) is 0.0337. The van der Waals surface area contributed by atoms with Gasteiger partial charge in [0, 0.05) is 25.3 Å². The van der Waals surface area contributed by atoms with Crippen LogP contribution < -0.4 is 5.56 Å². The van der Waals surface area contributed by atoms with Gasteiger partial charge in [0.2, 0.25) is 0 Å². The molecule has 0 aliphatic carbocycles. The maximum absolute atomic E-state index is 13.1. The molecule has 0 N–H and O–H groups in total. The zero-order chi connectivity index (χ0) is 21.7. The molecule has 0 aliphatic rings. The lowest BCUT2D eigenvalue weighted by Gasteiger charge is -2.16. The number of thioether (sulfide) groups is 1. The van der Waals surface area contributed by atoms with E-state index in [1.54, 1.807) is 10.6 Å². The van der Waals surface area contributed by atoms with Crippen molar-refractivity contribution in [1.29, 1.82) is 0 Å². The molecule has 1 aromatic heterocycles. The minimum Gasteiger partial charge on any atom is -0.382 e. The minimum atomic E-state index is -0.363. The normalized spacial score (nSPS) is 12.3. The van der Waals surface area contributed by atoms with E-state index in [4.69, 9.17) is 9.72 Å². The first-order chi connectivity index (χ1) is 14.4. The lowest BCUT2D eigenvalue weighted by molar-refractivity contribution is 0.0993. The van der Waals surface area contributed by atoms with Crippen molar-refractivity contribution >= 4 is 28.4 Å². The number of carbonyl (C=O) groups is 1. The quantitative estimate of drug-likeness (QED) is 0.214. The van der Waals surface area contributed by atoms with Crippen molar-refractivity contribution in [2.45, 2.75) is 51.1 Å². The highest BCUT2D eigenvalue weighted by Crippen LogP contribution is 2.26. The third-order valence-corrected chi connectivity index (χ3v) is 6.23. The molecule has 3 aromatic rings. The van der Waals surface area contributed by atoms with Gasteiger partial charge in [-0.1, -0.05) is 36.0 Å². The van der Waals surface area contributed by atoms with E-state index in [1.165, 1.54) is 11.8 Å². The lowest BCUT2D eigenvalue weighted by atomic mass is 10.0. The summed E-state index contributed by atoms with van der Waals surface area (Å²) in [4.78, 5) is 30.8. The molecule has 0 radical (unpaired) electrons. The molecule has 6 heteroatoms. The Kier molecular flexibility index (Phi) is 7.45. The van der Waals surface area contributed by atoms with Crippen molar-refractivity contribution < 1.29 is 9.53 Å². The van der Waals surface area contributed by atoms with Gasteiger partial charge in [0.05, 0.1) is 16.2 Å². The van der Waals surface area contributed by atoms with Gasteiger partial charge in [-0.15, -0.1) is 0 Å². The number of ether oxygens (including phenoxy) is 1. The summed E-state index contributed by atoms with van der Waals surface area (Å²) in [6.45, 7) is 9.58. The fourth-order valence-electron chi connectivity index (χ4n) is 3.24. The molecule has 0 saturated heterocycles. The number of benzene rings is 2. The van der Waals surface area contributed by atoms with Crippen LogP contribution in [0.25, 0.3) is 10.9 Å². The van der Waals surface area contributed by atoms with Crippen LogP contribution in [-0.4, -0.2) is 33.8 Å². The number of aryl methyl sites for hydroxylation is 2. The molecule has 1 heterocycles. The SMILES string of the molecule is CCOCCCn1c(S[C@@H](C)C(=O)c2ccc(C)c(C)c2)nc2ccccc2c1=O. The first kappa shape index (κ1) is 22.2. The van der Waals surface area contributed by atoms with Crippen LogP contribution in [-0.2, 0) is 11.3 Å². The van der Waals surface area contributed by atoms with Crippen LogP contribution in [0.4, 0.5) is 0 Å². The van der Waals surface area contributed by atoms with Crippen molar-refractivity contribution in [3.05, 3.63) is 69.5 Å². The van der Waals surface area contributed by atoms with E-state index >= 15 is 0 Å². The Labute approximate surface area is 181 Å². The van der Waals surface area contributed by atoms with Crippen LogP contribution in [0.15, 0.2) is 52.4 Å². The number of carbonyl (C=O) groups excluding carboxylic acids is 1. The van der Waals surface area contributed by atoms with Crippen molar-refractivity contribution in [1.82, 2.24) is 9.55 Å². The molecule has 2 aromatic carbocycles. The molecular weight excluding hydrogens is 396 g/mol. The Morgan fingerprint density at radius 3 is 2.67 bits per heavy atom. The molecule has 0 spiro atoms. The molecule has 5 nitrogen and oxygen atoms in total. The molecule has 158 valence electrons. The number of aromatic nitrogens is 2. The fourth-order valence-corrected chi connectivity index (χ4v) is 4.26. The van der Waals surface area contributed by atoms with Crippen LogP contribution in [0.1, 0.15) is 41.8 Å². The van der Waals surface area contributed by atoms with Crippen LogP contribution in [0.2, 0.25) is 0 Å². The standard InChI is InChI=1S/C24H28N2O3S/c1-5-29-14-8-13-26-23(28)20-9-6-7-10-21(20)25-24(26)30-18(4)22(27)19-12-11-16(2)17(3)15-19/h6-7,9-12,15,18H,5,8,13-14H2,1-4H3/t18-/m0/s1. The average molecular weight is 425 g/mol. The molecule has 0 bridgehead atoms. The fraction of sp³-hybridized carbons (Fsp3) is 0.375. The highest BCUT2D eigenvalue weighted by molar-refractivity contribution is 8.00. The summed E-state index contributed by atoms with van der Waals surface area (Å²) in [5, 5.41) is 0.796. The number of fused-ring (bicyclic) bond motifs is 1. The van der Waals surface area contributed by atoms with Gasteiger partial charge in [0.15, 0.2) is 10.9 Å². The van der Waals surface area contributed by atoms with Gasteiger partial charge < -0.3 is 4.74 Å². The molecule has 0 amide bonds. The summed E-state index contributed by atoms with van der Waals surface area (Å²) in [6, 6.07) is 13.1. The van der Waals surface area contributed by atoms with Gasteiger partial charge in [0.1, 0.15) is 0 Å². The summed E-state index contributed by atoms with van der Waals surface area (Å²) >= 11 is 1.34. The molecule has 1 atom stereocenters.